The fourth-order valence-electron chi connectivity index (χ4n) is 1.64. The van der Waals surface area contributed by atoms with Gasteiger partial charge in [-0.2, -0.15) is 0 Å². The van der Waals surface area contributed by atoms with E-state index in [-0.39, 0.29) is 11.1 Å². The Bertz CT molecular complexity index is 544. The summed E-state index contributed by atoms with van der Waals surface area (Å²) in [5.41, 5.74) is 6.84. The monoisotopic (exact) mass is 285 g/mol. The molecule has 5 heteroatoms. The number of thiophene rings is 1. The van der Waals surface area contributed by atoms with Crippen LogP contribution < -0.4 is 10.5 Å². The lowest BCUT2D eigenvalue weighted by molar-refractivity contribution is 0.216. The van der Waals surface area contributed by atoms with Crippen molar-refractivity contribution in [3.8, 4) is 5.75 Å². The highest BCUT2D eigenvalue weighted by atomic mass is 35.5. The van der Waals surface area contributed by atoms with Crippen molar-refractivity contribution in [3.63, 3.8) is 0 Å². The Balaban J connectivity index is 2.20. The second-order valence-corrected chi connectivity index (χ2v) is 5.24. The Kier molecular flexibility index (Phi) is 4.22. The zero-order valence-corrected chi connectivity index (χ0v) is 11.4. The van der Waals surface area contributed by atoms with E-state index in [0.29, 0.717) is 12.3 Å². The molecule has 1 aromatic carbocycles. The van der Waals surface area contributed by atoms with Crippen molar-refractivity contribution in [3.05, 3.63) is 50.9 Å². The maximum atomic E-state index is 13.3. The Morgan fingerprint density at radius 1 is 1.44 bits per heavy atom. The molecule has 1 unspecified atom stereocenters. The highest BCUT2D eigenvalue weighted by molar-refractivity contribution is 7.10. The highest BCUT2D eigenvalue weighted by Crippen LogP contribution is 2.29. The van der Waals surface area contributed by atoms with Gasteiger partial charge in [0.15, 0.2) is 0 Å². The molecule has 0 saturated carbocycles. The van der Waals surface area contributed by atoms with E-state index in [1.165, 1.54) is 12.1 Å². The van der Waals surface area contributed by atoms with Crippen LogP contribution in [0.5, 0.6) is 5.75 Å². The van der Waals surface area contributed by atoms with E-state index in [1.807, 2.05) is 18.4 Å². The van der Waals surface area contributed by atoms with Crippen molar-refractivity contribution in [2.45, 2.75) is 13.0 Å². The lowest BCUT2D eigenvalue weighted by Gasteiger charge is -2.17. The lowest BCUT2D eigenvalue weighted by atomic mass is 10.2. The number of hydrogen-bond acceptors (Lipinski definition) is 3. The summed E-state index contributed by atoms with van der Waals surface area (Å²) in [6, 6.07) is 6.39. The molecule has 1 heterocycles. The number of nitrogens with two attached hydrogens (primary N) is 1. The van der Waals surface area contributed by atoms with Crippen LogP contribution in [0, 0.1) is 12.7 Å². The van der Waals surface area contributed by atoms with Gasteiger partial charge in [0.05, 0.1) is 5.02 Å². The summed E-state index contributed by atoms with van der Waals surface area (Å²) in [6.45, 7) is 2.34. The van der Waals surface area contributed by atoms with E-state index < -0.39 is 5.82 Å². The molecular formula is C13H13ClFNOS. The van der Waals surface area contributed by atoms with Gasteiger partial charge in [0.25, 0.3) is 0 Å². The quantitative estimate of drug-likeness (QED) is 0.924. The van der Waals surface area contributed by atoms with E-state index in [0.717, 1.165) is 10.4 Å². The summed E-state index contributed by atoms with van der Waals surface area (Å²) in [5.74, 6) is -0.0620. The molecule has 2 N–H and O–H groups in total. The first-order chi connectivity index (χ1) is 8.61. The Labute approximate surface area is 114 Å². The van der Waals surface area contributed by atoms with E-state index in [9.17, 15) is 4.39 Å². The van der Waals surface area contributed by atoms with Crippen molar-refractivity contribution in [1.29, 1.82) is 0 Å². The minimum absolute atomic E-state index is 0.0824. The van der Waals surface area contributed by atoms with Gasteiger partial charge < -0.3 is 10.5 Å². The Morgan fingerprint density at radius 2 is 2.22 bits per heavy atom. The average molecular weight is 286 g/mol. The summed E-state index contributed by atoms with van der Waals surface area (Å²) in [6.07, 6.45) is -0.259. The molecular weight excluding hydrogens is 273 g/mol. The molecule has 0 aliphatic rings. The third kappa shape index (κ3) is 2.83. The highest BCUT2D eigenvalue weighted by Gasteiger charge is 2.16. The van der Waals surface area contributed by atoms with Crippen LogP contribution in [-0.2, 0) is 0 Å². The van der Waals surface area contributed by atoms with E-state index in [2.05, 4.69) is 0 Å². The smallest absolute Gasteiger partial charge is 0.145 e. The number of ether oxygens (including phenoxy) is 1. The van der Waals surface area contributed by atoms with Gasteiger partial charge in [0, 0.05) is 17.5 Å². The summed E-state index contributed by atoms with van der Waals surface area (Å²) in [5, 5.41) is 2.07. The SMILES string of the molecule is Cc1ccsc1C(CN)Oc1ccc(Cl)c(F)c1. The molecule has 0 bridgehead atoms. The van der Waals surface area contributed by atoms with E-state index >= 15 is 0 Å². The Hall–Kier alpha value is -1.10. The second-order valence-electron chi connectivity index (χ2n) is 3.89. The first kappa shape index (κ1) is 13.3. The topological polar surface area (TPSA) is 35.2 Å². The number of rotatable bonds is 4. The number of benzene rings is 1. The van der Waals surface area contributed by atoms with Gasteiger partial charge >= 0.3 is 0 Å². The van der Waals surface area contributed by atoms with Crippen LogP contribution in [0.1, 0.15) is 16.5 Å². The Morgan fingerprint density at radius 3 is 2.78 bits per heavy atom. The second kappa shape index (κ2) is 5.69. The van der Waals surface area contributed by atoms with Crippen molar-refractivity contribution in [2.75, 3.05) is 6.54 Å². The lowest BCUT2D eigenvalue weighted by Crippen LogP contribution is -2.18. The molecule has 0 aliphatic carbocycles. The summed E-state index contributed by atoms with van der Waals surface area (Å²) >= 11 is 7.21. The minimum atomic E-state index is -0.493. The van der Waals surface area contributed by atoms with Crippen LogP contribution in [0.25, 0.3) is 0 Å². The van der Waals surface area contributed by atoms with E-state index in [1.54, 1.807) is 17.4 Å². The van der Waals surface area contributed by atoms with Crippen LogP contribution in [-0.4, -0.2) is 6.54 Å². The molecule has 18 heavy (non-hydrogen) atoms. The van der Waals surface area contributed by atoms with Crippen molar-refractivity contribution in [2.24, 2.45) is 5.73 Å². The fourth-order valence-corrected chi connectivity index (χ4v) is 2.72. The molecule has 1 aromatic heterocycles. The van der Waals surface area contributed by atoms with Gasteiger partial charge in [0.1, 0.15) is 17.7 Å². The third-order valence-corrected chi connectivity index (χ3v) is 4.00. The summed E-state index contributed by atoms with van der Waals surface area (Å²) in [4.78, 5) is 1.06. The zero-order chi connectivity index (χ0) is 13.1. The van der Waals surface area contributed by atoms with Gasteiger partial charge in [0.2, 0.25) is 0 Å². The van der Waals surface area contributed by atoms with Crippen molar-refractivity contribution >= 4 is 22.9 Å². The molecule has 2 nitrogen and oxygen atoms in total. The fraction of sp³-hybridized carbons (Fsp3) is 0.231. The van der Waals surface area contributed by atoms with Crippen LogP contribution in [0.15, 0.2) is 29.6 Å². The summed E-state index contributed by atoms with van der Waals surface area (Å²) < 4.78 is 19.0. The normalized spacial score (nSPS) is 12.4. The van der Waals surface area contributed by atoms with Crippen LogP contribution in [0.4, 0.5) is 4.39 Å². The molecule has 1 atom stereocenters. The molecule has 2 rings (SSSR count). The summed E-state index contributed by atoms with van der Waals surface area (Å²) in [7, 11) is 0. The largest absolute Gasteiger partial charge is 0.483 e. The van der Waals surface area contributed by atoms with Gasteiger partial charge in [-0.05, 0) is 36.1 Å². The van der Waals surface area contributed by atoms with Gasteiger partial charge in [-0.15, -0.1) is 11.3 Å². The predicted octanol–water partition coefficient (Wildman–Crippen LogP) is 3.93. The minimum Gasteiger partial charge on any atom is -0.483 e. The predicted molar refractivity (Wildman–Crippen MR) is 72.9 cm³/mol. The molecule has 0 fully saturated rings. The number of halogens is 2. The number of hydrogen-bond donors (Lipinski definition) is 1. The van der Waals surface area contributed by atoms with Gasteiger partial charge in [-0.25, -0.2) is 4.39 Å². The van der Waals surface area contributed by atoms with Crippen molar-refractivity contribution in [1.82, 2.24) is 0 Å². The third-order valence-electron chi connectivity index (χ3n) is 2.58. The molecule has 0 radical (unpaired) electrons. The maximum Gasteiger partial charge on any atom is 0.145 e. The first-order valence-corrected chi connectivity index (χ1v) is 6.73. The van der Waals surface area contributed by atoms with E-state index in [4.69, 9.17) is 22.1 Å². The molecule has 2 aromatic rings. The van der Waals surface area contributed by atoms with Crippen LogP contribution in [0.3, 0.4) is 0 Å². The average Bonchev–Trinajstić information content (AvgIpc) is 2.77. The molecule has 0 aliphatic heterocycles. The molecule has 96 valence electrons. The standard InChI is InChI=1S/C13H13ClFNOS/c1-8-4-5-18-13(8)12(7-16)17-9-2-3-10(14)11(15)6-9/h2-6,12H,7,16H2,1H3. The molecule has 0 spiro atoms. The number of aryl methyl sites for hydroxylation is 1. The van der Waals surface area contributed by atoms with Crippen molar-refractivity contribution < 1.29 is 9.13 Å². The maximum absolute atomic E-state index is 13.3. The first-order valence-electron chi connectivity index (χ1n) is 5.47. The van der Waals surface area contributed by atoms with Crippen LogP contribution >= 0.6 is 22.9 Å². The molecule has 0 amide bonds. The zero-order valence-electron chi connectivity index (χ0n) is 9.82. The van der Waals surface area contributed by atoms with Gasteiger partial charge in [-0.3, -0.25) is 0 Å². The van der Waals surface area contributed by atoms with Gasteiger partial charge in [-0.1, -0.05) is 11.6 Å². The van der Waals surface area contributed by atoms with Crippen LogP contribution in [0.2, 0.25) is 5.02 Å². The molecule has 0 saturated heterocycles.